The summed E-state index contributed by atoms with van der Waals surface area (Å²) < 4.78 is 0.262. The number of hydrogen-bond donors (Lipinski definition) is 2. The molecule has 3 heteroatoms. The highest BCUT2D eigenvalue weighted by molar-refractivity contribution is 8.00. The molecule has 2 N–H and O–H groups in total. The van der Waals surface area contributed by atoms with Crippen LogP contribution in [0.15, 0.2) is 29.2 Å². The van der Waals surface area contributed by atoms with Gasteiger partial charge in [-0.3, -0.25) is 0 Å². The number of nitrogens with one attached hydrogen (secondary N) is 2. The Bertz CT molecular complexity index is 365. The summed E-state index contributed by atoms with van der Waals surface area (Å²) in [5.74, 6) is 0. The Morgan fingerprint density at radius 3 is 2.59 bits per heavy atom. The average Bonchev–Trinajstić information content (AvgIpc) is 2.29. The van der Waals surface area contributed by atoms with E-state index in [1.807, 2.05) is 11.8 Å². The molecule has 0 saturated carbocycles. The normalized spacial score (nSPS) is 21.5. The van der Waals surface area contributed by atoms with Crippen molar-refractivity contribution in [3.63, 3.8) is 0 Å². The summed E-state index contributed by atoms with van der Waals surface area (Å²) in [5, 5.41) is 7.04. The zero-order valence-corrected chi connectivity index (χ0v) is 11.7. The van der Waals surface area contributed by atoms with Gasteiger partial charge in [-0.2, -0.15) is 0 Å². The van der Waals surface area contributed by atoms with Crippen molar-refractivity contribution in [2.24, 2.45) is 0 Å². The molecular formula is C14H22N2S. The topological polar surface area (TPSA) is 24.1 Å². The minimum atomic E-state index is 0.262. The SMILES string of the molecule is CC(C)(C)Sc1ccccc1[C@@H]1CNCCN1. The van der Waals surface area contributed by atoms with Crippen LogP contribution < -0.4 is 10.6 Å². The molecular weight excluding hydrogens is 228 g/mol. The quantitative estimate of drug-likeness (QED) is 0.789. The first kappa shape index (κ1) is 12.9. The second-order valence-corrected chi connectivity index (χ2v) is 7.33. The molecule has 2 rings (SSSR count). The van der Waals surface area contributed by atoms with Crippen LogP contribution >= 0.6 is 11.8 Å². The zero-order chi connectivity index (χ0) is 12.3. The van der Waals surface area contributed by atoms with Gasteiger partial charge < -0.3 is 10.6 Å². The lowest BCUT2D eigenvalue weighted by Gasteiger charge is -2.28. The molecule has 94 valence electrons. The predicted octanol–water partition coefficient (Wildman–Crippen LogP) is 2.81. The fourth-order valence-corrected chi connectivity index (χ4v) is 3.20. The first-order valence-electron chi connectivity index (χ1n) is 6.28. The summed E-state index contributed by atoms with van der Waals surface area (Å²) in [4.78, 5) is 1.40. The molecule has 0 unspecified atom stereocenters. The van der Waals surface area contributed by atoms with E-state index in [9.17, 15) is 0 Å². The van der Waals surface area contributed by atoms with Gasteiger partial charge >= 0.3 is 0 Å². The number of piperazine rings is 1. The third-order valence-electron chi connectivity index (χ3n) is 2.75. The zero-order valence-electron chi connectivity index (χ0n) is 10.9. The molecule has 0 amide bonds. The smallest absolute Gasteiger partial charge is 0.0458 e. The molecule has 0 radical (unpaired) electrons. The van der Waals surface area contributed by atoms with Crippen molar-refractivity contribution in [1.29, 1.82) is 0 Å². The van der Waals surface area contributed by atoms with Gasteiger partial charge in [-0.25, -0.2) is 0 Å². The molecule has 0 bridgehead atoms. The van der Waals surface area contributed by atoms with Crippen LogP contribution in [0.4, 0.5) is 0 Å². The number of hydrogen-bond acceptors (Lipinski definition) is 3. The largest absolute Gasteiger partial charge is 0.314 e. The van der Waals surface area contributed by atoms with Crippen LogP contribution in [0.1, 0.15) is 32.4 Å². The van der Waals surface area contributed by atoms with E-state index < -0.39 is 0 Å². The standard InChI is InChI=1S/C14H22N2S/c1-14(2,3)17-13-7-5-4-6-11(13)12-10-15-8-9-16-12/h4-7,12,15-16H,8-10H2,1-3H3/t12-/m0/s1. The van der Waals surface area contributed by atoms with Gasteiger partial charge in [-0.1, -0.05) is 39.0 Å². The Labute approximate surface area is 109 Å². The monoisotopic (exact) mass is 250 g/mol. The Hall–Kier alpha value is -0.510. The molecule has 17 heavy (non-hydrogen) atoms. The third-order valence-corrected chi connectivity index (χ3v) is 3.96. The highest BCUT2D eigenvalue weighted by Crippen LogP contribution is 2.36. The van der Waals surface area contributed by atoms with Gasteiger partial charge in [0.1, 0.15) is 0 Å². The van der Waals surface area contributed by atoms with Crippen molar-refractivity contribution in [3.8, 4) is 0 Å². The minimum Gasteiger partial charge on any atom is -0.314 e. The van der Waals surface area contributed by atoms with Crippen molar-refractivity contribution in [3.05, 3.63) is 29.8 Å². The molecule has 1 aliphatic heterocycles. The second-order valence-electron chi connectivity index (χ2n) is 5.46. The summed E-state index contributed by atoms with van der Waals surface area (Å²) in [5.41, 5.74) is 1.43. The van der Waals surface area contributed by atoms with Gasteiger partial charge in [0.15, 0.2) is 0 Å². The lowest BCUT2D eigenvalue weighted by Crippen LogP contribution is -2.42. The molecule has 0 aliphatic carbocycles. The van der Waals surface area contributed by atoms with E-state index in [1.165, 1.54) is 10.5 Å². The Balaban J connectivity index is 2.20. The maximum absolute atomic E-state index is 3.59. The van der Waals surface area contributed by atoms with E-state index >= 15 is 0 Å². The molecule has 2 nitrogen and oxygen atoms in total. The predicted molar refractivity (Wildman–Crippen MR) is 75.7 cm³/mol. The average molecular weight is 250 g/mol. The van der Waals surface area contributed by atoms with Crippen molar-refractivity contribution >= 4 is 11.8 Å². The van der Waals surface area contributed by atoms with Gasteiger partial charge in [-0.05, 0) is 11.6 Å². The van der Waals surface area contributed by atoms with Crippen molar-refractivity contribution < 1.29 is 0 Å². The molecule has 1 saturated heterocycles. The number of thioether (sulfide) groups is 1. The molecule has 0 aromatic heterocycles. The Kier molecular flexibility index (Phi) is 4.13. The lowest BCUT2D eigenvalue weighted by atomic mass is 10.1. The molecule has 1 heterocycles. The third kappa shape index (κ3) is 3.73. The first-order chi connectivity index (χ1) is 8.06. The van der Waals surface area contributed by atoms with Gasteiger partial charge in [0.2, 0.25) is 0 Å². The summed E-state index contributed by atoms with van der Waals surface area (Å²) in [6, 6.07) is 9.21. The van der Waals surface area contributed by atoms with Crippen molar-refractivity contribution in [1.82, 2.24) is 10.6 Å². The van der Waals surface area contributed by atoms with Gasteiger partial charge in [0, 0.05) is 35.3 Å². The molecule has 1 aromatic carbocycles. The molecule has 1 aliphatic rings. The van der Waals surface area contributed by atoms with Crippen LogP contribution in [0.3, 0.4) is 0 Å². The fraction of sp³-hybridized carbons (Fsp3) is 0.571. The van der Waals surface area contributed by atoms with Crippen LogP contribution in [0.2, 0.25) is 0 Å². The Morgan fingerprint density at radius 2 is 1.94 bits per heavy atom. The number of rotatable bonds is 2. The molecule has 1 atom stereocenters. The van der Waals surface area contributed by atoms with Crippen LogP contribution in [-0.4, -0.2) is 24.4 Å². The van der Waals surface area contributed by atoms with Crippen molar-refractivity contribution in [2.45, 2.75) is 36.5 Å². The summed E-state index contributed by atoms with van der Waals surface area (Å²) in [7, 11) is 0. The number of benzene rings is 1. The minimum absolute atomic E-state index is 0.262. The molecule has 0 spiro atoms. The van der Waals surface area contributed by atoms with Crippen molar-refractivity contribution in [2.75, 3.05) is 19.6 Å². The van der Waals surface area contributed by atoms with Crippen LogP contribution in [-0.2, 0) is 0 Å². The van der Waals surface area contributed by atoms with Gasteiger partial charge in [0.25, 0.3) is 0 Å². The van der Waals surface area contributed by atoms with E-state index in [-0.39, 0.29) is 4.75 Å². The maximum atomic E-state index is 3.59. The Morgan fingerprint density at radius 1 is 1.18 bits per heavy atom. The molecule has 1 fully saturated rings. The summed E-state index contributed by atoms with van der Waals surface area (Å²) in [6.07, 6.45) is 0. The highest BCUT2D eigenvalue weighted by atomic mass is 32.2. The maximum Gasteiger partial charge on any atom is 0.0458 e. The van der Waals surface area contributed by atoms with Crippen LogP contribution in [0.5, 0.6) is 0 Å². The van der Waals surface area contributed by atoms with Gasteiger partial charge in [-0.15, -0.1) is 11.8 Å². The van der Waals surface area contributed by atoms with E-state index in [2.05, 4.69) is 55.7 Å². The van der Waals surface area contributed by atoms with E-state index in [1.54, 1.807) is 0 Å². The van der Waals surface area contributed by atoms with E-state index in [0.717, 1.165) is 19.6 Å². The van der Waals surface area contributed by atoms with Crippen LogP contribution in [0.25, 0.3) is 0 Å². The van der Waals surface area contributed by atoms with Gasteiger partial charge in [0.05, 0.1) is 0 Å². The fourth-order valence-electron chi connectivity index (χ4n) is 2.06. The van der Waals surface area contributed by atoms with E-state index in [4.69, 9.17) is 0 Å². The lowest BCUT2D eigenvalue weighted by molar-refractivity contribution is 0.426. The highest BCUT2D eigenvalue weighted by Gasteiger charge is 2.20. The van der Waals surface area contributed by atoms with Crippen LogP contribution in [0, 0.1) is 0 Å². The summed E-state index contributed by atoms with van der Waals surface area (Å²) >= 11 is 1.95. The summed E-state index contributed by atoms with van der Waals surface area (Å²) in [6.45, 7) is 9.95. The first-order valence-corrected chi connectivity index (χ1v) is 7.10. The molecule has 1 aromatic rings. The van der Waals surface area contributed by atoms with E-state index in [0.29, 0.717) is 6.04 Å². The second kappa shape index (κ2) is 5.42.